The summed E-state index contributed by atoms with van der Waals surface area (Å²) in [7, 11) is 0. The summed E-state index contributed by atoms with van der Waals surface area (Å²) in [6.45, 7) is 0. The summed E-state index contributed by atoms with van der Waals surface area (Å²) in [4.78, 5) is 12.9. The van der Waals surface area contributed by atoms with Gasteiger partial charge >= 0.3 is 6.36 Å². The Hall–Kier alpha value is -2.57. The van der Waals surface area contributed by atoms with Crippen molar-refractivity contribution in [1.82, 2.24) is 15.1 Å². The Labute approximate surface area is 207 Å². The van der Waals surface area contributed by atoms with Crippen molar-refractivity contribution in [2.24, 2.45) is 0 Å². The summed E-state index contributed by atoms with van der Waals surface area (Å²) in [6, 6.07) is 2.37. The fourth-order valence-electron chi connectivity index (χ4n) is 5.77. The molecule has 5 aliphatic rings. The minimum Gasteiger partial charge on any atom is -0.487 e. The maximum Gasteiger partial charge on any atom is 0.522 e. The predicted octanol–water partition coefficient (Wildman–Crippen LogP) is 3.75. The number of amides is 1. The van der Waals surface area contributed by atoms with Crippen molar-refractivity contribution in [3.63, 3.8) is 0 Å². The number of ether oxygens (including phenoxy) is 3. The van der Waals surface area contributed by atoms with Crippen molar-refractivity contribution >= 4 is 17.5 Å². The molecule has 0 saturated heterocycles. The first-order valence-electron chi connectivity index (χ1n) is 11.5. The van der Waals surface area contributed by atoms with E-state index in [9.17, 15) is 27.5 Å². The molecule has 194 valence electrons. The Kier molecular flexibility index (Phi) is 5.27. The molecule has 1 aliphatic heterocycles. The van der Waals surface area contributed by atoms with Crippen molar-refractivity contribution in [1.29, 1.82) is 0 Å². The molecule has 0 spiro atoms. The first kappa shape index (κ1) is 23.8. The number of carbonyl (C=O) groups excluding carboxylic acids is 1. The Morgan fingerprint density at radius 3 is 2.64 bits per heavy atom. The van der Waals surface area contributed by atoms with E-state index >= 15 is 0 Å². The quantitative estimate of drug-likeness (QED) is 0.551. The molecule has 4 saturated carbocycles. The highest BCUT2D eigenvalue weighted by molar-refractivity contribution is 6.30. The standard InChI is InChI=1S/C23H22ClF4N3O5/c24-15-3-14-17(32)5-19(35-18(14)4-16(15)25)20(33)30-21-8-22(9-21,10-21)31-7-13(6-29-31)34-11-1-12(2-11)36-23(26,27)28/h3-4,6-7,11-12,17,19,32H,1-2,5,8-10H2,(H,30,33)/t11-,12+,17-,19+,21?,22?/m1/s1. The minimum atomic E-state index is -4.64. The van der Waals surface area contributed by atoms with Crippen LogP contribution in [0.4, 0.5) is 17.6 Å². The Morgan fingerprint density at radius 1 is 1.22 bits per heavy atom. The minimum absolute atomic E-state index is 0.0257. The number of hydrogen-bond acceptors (Lipinski definition) is 6. The van der Waals surface area contributed by atoms with Gasteiger partial charge < -0.3 is 19.9 Å². The molecule has 2 atom stereocenters. The Bertz CT molecular complexity index is 1200. The molecule has 1 amide bonds. The Morgan fingerprint density at radius 2 is 1.94 bits per heavy atom. The van der Waals surface area contributed by atoms with Crippen LogP contribution in [0.25, 0.3) is 0 Å². The van der Waals surface area contributed by atoms with Gasteiger partial charge in [0.05, 0.1) is 35.2 Å². The van der Waals surface area contributed by atoms with E-state index < -0.39 is 36.0 Å². The van der Waals surface area contributed by atoms with Gasteiger partial charge in [0, 0.05) is 36.4 Å². The van der Waals surface area contributed by atoms with Crippen LogP contribution in [0.2, 0.25) is 5.02 Å². The molecule has 4 fully saturated rings. The number of nitrogens with zero attached hydrogens (tertiary/aromatic N) is 2. The number of benzene rings is 1. The molecule has 7 rings (SSSR count). The van der Waals surface area contributed by atoms with Gasteiger partial charge in [-0.25, -0.2) is 4.39 Å². The Balaban J connectivity index is 1.01. The SMILES string of the molecule is O=C(NC12CC(n3cc(O[C@H]4C[C@@H](OC(F)(F)F)C4)cn3)(C1)C2)[C@@H]1C[C@@H](O)c2cc(Cl)c(F)cc2O1. The second-order valence-corrected chi connectivity index (χ2v) is 10.6. The molecule has 2 aromatic rings. The summed E-state index contributed by atoms with van der Waals surface area (Å²) >= 11 is 5.78. The number of carbonyl (C=O) groups is 1. The number of hydrogen-bond donors (Lipinski definition) is 2. The van der Waals surface area contributed by atoms with Crippen LogP contribution in [-0.4, -0.2) is 51.0 Å². The number of aliphatic hydroxyl groups excluding tert-OH is 1. The second kappa shape index (κ2) is 7.96. The molecule has 8 nitrogen and oxygen atoms in total. The van der Waals surface area contributed by atoms with Gasteiger partial charge in [0.15, 0.2) is 11.9 Å². The van der Waals surface area contributed by atoms with Crippen LogP contribution >= 0.6 is 11.6 Å². The van der Waals surface area contributed by atoms with Crippen LogP contribution in [0.1, 0.15) is 50.2 Å². The topological polar surface area (TPSA) is 94.8 Å². The average molecular weight is 532 g/mol. The molecule has 4 aliphatic carbocycles. The van der Waals surface area contributed by atoms with Crippen LogP contribution in [0, 0.1) is 5.82 Å². The zero-order valence-corrected chi connectivity index (χ0v) is 19.5. The highest BCUT2D eigenvalue weighted by atomic mass is 35.5. The predicted molar refractivity (Wildman–Crippen MR) is 115 cm³/mol. The van der Waals surface area contributed by atoms with Crippen molar-refractivity contribution < 1.29 is 41.7 Å². The van der Waals surface area contributed by atoms with E-state index in [4.69, 9.17) is 21.1 Å². The van der Waals surface area contributed by atoms with E-state index in [0.717, 1.165) is 6.07 Å². The van der Waals surface area contributed by atoms with E-state index in [1.165, 1.54) is 12.3 Å². The molecular formula is C23H22ClF4N3O5. The number of fused-ring (bicyclic) bond motifs is 1. The number of nitrogens with one attached hydrogen (secondary N) is 1. The smallest absolute Gasteiger partial charge is 0.487 e. The lowest BCUT2D eigenvalue weighted by atomic mass is 9.44. The number of aliphatic hydroxyl groups is 1. The number of halogens is 5. The maximum absolute atomic E-state index is 13.8. The molecule has 0 unspecified atom stereocenters. The molecule has 2 bridgehead atoms. The van der Waals surface area contributed by atoms with Crippen LogP contribution in [0.5, 0.6) is 11.5 Å². The first-order chi connectivity index (χ1) is 16.9. The van der Waals surface area contributed by atoms with Crippen LogP contribution < -0.4 is 14.8 Å². The lowest BCUT2D eigenvalue weighted by Crippen LogP contribution is -2.79. The van der Waals surface area contributed by atoms with Gasteiger partial charge in [-0.1, -0.05) is 11.6 Å². The van der Waals surface area contributed by atoms with Crippen LogP contribution in [0.3, 0.4) is 0 Å². The summed E-state index contributed by atoms with van der Waals surface area (Å²) in [5.41, 5.74) is -0.313. The zero-order chi connectivity index (χ0) is 25.5. The molecule has 0 radical (unpaired) electrons. The maximum atomic E-state index is 13.8. The number of aromatic nitrogens is 2. The van der Waals surface area contributed by atoms with Gasteiger partial charge in [-0.2, -0.15) is 5.10 Å². The summed E-state index contributed by atoms with van der Waals surface area (Å²) in [6.07, 6.45) is -2.31. The lowest BCUT2D eigenvalue weighted by Gasteiger charge is -2.70. The van der Waals surface area contributed by atoms with E-state index in [-0.39, 0.29) is 47.6 Å². The van der Waals surface area contributed by atoms with E-state index in [0.29, 0.717) is 30.6 Å². The normalized spacial score (nSPS) is 34.4. The average Bonchev–Trinajstić information content (AvgIpc) is 3.16. The highest BCUT2D eigenvalue weighted by Crippen LogP contribution is 2.65. The third kappa shape index (κ3) is 4.08. The van der Waals surface area contributed by atoms with E-state index in [1.54, 1.807) is 10.9 Å². The third-order valence-corrected chi connectivity index (χ3v) is 7.79. The van der Waals surface area contributed by atoms with Gasteiger partial charge in [0.1, 0.15) is 17.7 Å². The van der Waals surface area contributed by atoms with Crippen molar-refractivity contribution in [2.75, 3.05) is 0 Å². The first-order valence-corrected chi connectivity index (χ1v) is 11.9. The molecule has 1 aromatic heterocycles. The summed E-state index contributed by atoms with van der Waals surface area (Å²) in [5.74, 6) is -0.506. The largest absolute Gasteiger partial charge is 0.522 e. The highest BCUT2D eigenvalue weighted by Gasteiger charge is 2.70. The molecule has 2 N–H and O–H groups in total. The van der Waals surface area contributed by atoms with Gasteiger partial charge in [0.25, 0.3) is 5.91 Å². The van der Waals surface area contributed by atoms with Gasteiger partial charge in [-0.05, 0) is 25.3 Å². The van der Waals surface area contributed by atoms with Crippen LogP contribution in [-0.2, 0) is 15.1 Å². The van der Waals surface area contributed by atoms with Crippen molar-refractivity contribution in [2.45, 2.75) is 80.4 Å². The van der Waals surface area contributed by atoms with Gasteiger partial charge in [0.2, 0.25) is 0 Å². The van der Waals surface area contributed by atoms with Gasteiger partial charge in [-0.3, -0.25) is 14.2 Å². The van der Waals surface area contributed by atoms with Gasteiger partial charge in [-0.15, -0.1) is 13.2 Å². The fraction of sp³-hybridized carbons (Fsp3) is 0.565. The molecular weight excluding hydrogens is 510 g/mol. The molecule has 13 heteroatoms. The monoisotopic (exact) mass is 531 g/mol. The summed E-state index contributed by atoms with van der Waals surface area (Å²) < 4.78 is 67.7. The van der Waals surface area contributed by atoms with Crippen molar-refractivity contribution in [3.8, 4) is 11.5 Å². The third-order valence-electron chi connectivity index (χ3n) is 7.50. The zero-order valence-electron chi connectivity index (χ0n) is 18.7. The summed E-state index contributed by atoms with van der Waals surface area (Å²) in [5, 5.41) is 17.6. The molecule has 2 heterocycles. The molecule has 36 heavy (non-hydrogen) atoms. The fourth-order valence-corrected chi connectivity index (χ4v) is 5.94. The second-order valence-electron chi connectivity index (χ2n) is 10.2. The lowest BCUT2D eigenvalue weighted by molar-refractivity contribution is -0.355. The van der Waals surface area contributed by atoms with E-state index in [2.05, 4.69) is 15.2 Å². The number of rotatable bonds is 6. The van der Waals surface area contributed by atoms with E-state index in [1.807, 2.05) is 0 Å². The number of alkyl halides is 3. The molecule has 1 aromatic carbocycles. The van der Waals surface area contributed by atoms with Crippen molar-refractivity contribution in [3.05, 3.63) is 40.9 Å². The van der Waals surface area contributed by atoms with Crippen LogP contribution in [0.15, 0.2) is 24.5 Å².